The lowest BCUT2D eigenvalue weighted by Gasteiger charge is -2.04. The molecule has 1 aromatic heterocycles. The van der Waals surface area contributed by atoms with Crippen LogP contribution < -0.4 is 5.73 Å². The van der Waals surface area contributed by atoms with E-state index in [9.17, 15) is 0 Å². The number of hydrogen-bond donors (Lipinski definition) is 1. The first-order valence-corrected chi connectivity index (χ1v) is 5.52. The molecule has 0 amide bonds. The Morgan fingerprint density at radius 2 is 1.88 bits per heavy atom. The Morgan fingerprint density at radius 1 is 1.19 bits per heavy atom. The van der Waals surface area contributed by atoms with Crippen LogP contribution in [0.3, 0.4) is 0 Å². The molecule has 0 aliphatic carbocycles. The SMILES string of the molecule is Cc1cc(C)cc(-n2ccc(CCN)n2)c1. The largest absolute Gasteiger partial charge is 0.330 e. The molecule has 0 saturated carbocycles. The van der Waals surface area contributed by atoms with Crippen molar-refractivity contribution in [2.75, 3.05) is 6.54 Å². The summed E-state index contributed by atoms with van der Waals surface area (Å²) in [4.78, 5) is 0. The maximum Gasteiger partial charge on any atom is 0.0650 e. The highest BCUT2D eigenvalue weighted by molar-refractivity contribution is 5.38. The van der Waals surface area contributed by atoms with Crippen molar-refractivity contribution in [2.45, 2.75) is 20.3 Å². The van der Waals surface area contributed by atoms with Gasteiger partial charge in [0.1, 0.15) is 0 Å². The predicted molar refractivity (Wildman–Crippen MR) is 65.8 cm³/mol. The van der Waals surface area contributed by atoms with Gasteiger partial charge >= 0.3 is 0 Å². The summed E-state index contributed by atoms with van der Waals surface area (Å²) in [7, 11) is 0. The molecule has 0 bridgehead atoms. The van der Waals surface area contributed by atoms with Gasteiger partial charge in [0.05, 0.1) is 11.4 Å². The van der Waals surface area contributed by atoms with Gasteiger partial charge in [-0.3, -0.25) is 0 Å². The normalized spacial score (nSPS) is 10.7. The Hall–Kier alpha value is -1.61. The third-order valence-corrected chi connectivity index (χ3v) is 2.52. The van der Waals surface area contributed by atoms with Gasteiger partial charge in [0, 0.05) is 12.6 Å². The zero-order valence-corrected chi connectivity index (χ0v) is 9.77. The zero-order chi connectivity index (χ0) is 11.5. The van der Waals surface area contributed by atoms with E-state index in [4.69, 9.17) is 5.73 Å². The molecule has 1 aromatic carbocycles. The highest BCUT2D eigenvalue weighted by atomic mass is 15.3. The van der Waals surface area contributed by atoms with Crippen molar-refractivity contribution >= 4 is 0 Å². The highest BCUT2D eigenvalue weighted by Crippen LogP contribution is 2.13. The van der Waals surface area contributed by atoms with Crippen molar-refractivity contribution in [3.8, 4) is 5.69 Å². The standard InChI is InChI=1S/C13H17N3/c1-10-7-11(2)9-13(8-10)16-6-4-12(15-16)3-5-14/h4,6-9H,3,5,14H2,1-2H3. The minimum Gasteiger partial charge on any atom is -0.330 e. The molecule has 0 atom stereocenters. The smallest absolute Gasteiger partial charge is 0.0650 e. The molecule has 84 valence electrons. The maximum absolute atomic E-state index is 5.51. The van der Waals surface area contributed by atoms with Crippen LogP contribution in [-0.2, 0) is 6.42 Å². The number of benzene rings is 1. The van der Waals surface area contributed by atoms with Gasteiger partial charge in [0.15, 0.2) is 0 Å². The molecule has 0 aliphatic heterocycles. The van der Waals surface area contributed by atoms with Crippen molar-refractivity contribution < 1.29 is 0 Å². The zero-order valence-electron chi connectivity index (χ0n) is 9.77. The van der Waals surface area contributed by atoms with Crippen molar-refractivity contribution in [2.24, 2.45) is 5.73 Å². The van der Waals surface area contributed by atoms with E-state index in [0.29, 0.717) is 6.54 Å². The minimum atomic E-state index is 0.643. The van der Waals surface area contributed by atoms with E-state index in [-0.39, 0.29) is 0 Å². The lowest BCUT2D eigenvalue weighted by molar-refractivity contribution is 0.820. The van der Waals surface area contributed by atoms with Crippen LogP contribution in [0.2, 0.25) is 0 Å². The van der Waals surface area contributed by atoms with Crippen LogP contribution in [0.5, 0.6) is 0 Å². The second-order valence-electron chi connectivity index (χ2n) is 4.14. The Bertz CT molecular complexity index is 465. The number of nitrogens with zero attached hydrogens (tertiary/aromatic N) is 2. The lowest BCUT2D eigenvalue weighted by atomic mass is 10.1. The van der Waals surface area contributed by atoms with Crippen LogP contribution in [0.4, 0.5) is 0 Å². The van der Waals surface area contributed by atoms with Gasteiger partial charge in [-0.25, -0.2) is 4.68 Å². The molecule has 2 rings (SSSR count). The number of nitrogens with two attached hydrogens (primary N) is 1. The Labute approximate surface area is 95.9 Å². The molecule has 0 saturated heterocycles. The summed E-state index contributed by atoms with van der Waals surface area (Å²) in [6.45, 7) is 4.84. The molecule has 3 nitrogen and oxygen atoms in total. The summed E-state index contributed by atoms with van der Waals surface area (Å²) in [5.41, 5.74) is 10.2. The van der Waals surface area contributed by atoms with Gasteiger partial charge in [-0.15, -0.1) is 0 Å². The monoisotopic (exact) mass is 215 g/mol. The molecule has 0 aliphatic rings. The Balaban J connectivity index is 2.34. The number of aryl methyl sites for hydroxylation is 2. The van der Waals surface area contributed by atoms with Gasteiger partial charge < -0.3 is 5.73 Å². The van der Waals surface area contributed by atoms with Gasteiger partial charge in [-0.1, -0.05) is 6.07 Å². The third-order valence-electron chi connectivity index (χ3n) is 2.52. The van der Waals surface area contributed by atoms with Crippen molar-refractivity contribution in [3.63, 3.8) is 0 Å². The van der Waals surface area contributed by atoms with Gasteiger partial charge in [-0.2, -0.15) is 5.10 Å². The molecule has 16 heavy (non-hydrogen) atoms. The molecule has 0 fully saturated rings. The number of hydrogen-bond acceptors (Lipinski definition) is 2. The lowest BCUT2D eigenvalue weighted by Crippen LogP contribution is -2.04. The van der Waals surface area contributed by atoms with Crippen LogP contribution in [0.1, 0.15) is 16.8 Å². The van der Waals surface area contributed by atoms with E-state index in [0.717, 1.165) is 17.8 Å². The number of rotatable bonds is 3. The molecule has 0 unspecified atom stereocenters. The second-order valence-corrected chi connectivity index (χ2v) is 4.14. The molecule has 2 aromatic rings. The molecule has 1 heterocycles. The topological polar surface area (TPSA) is 43.8 Å². The first kappa shape index (κ1) is 10.9. The maximum atomic E-state index is 5.51. The fraction of sp³-hybridized carbons (Fsp3) is 0.308. The quantitative estimate of drug-likeness (QED) is 0.851. The first-order chi connectivity index (χ1) is 7.69. The van der Waals surface area contributed by atoms with Crippen LogP contribution in [0, 0.1) is 13.8 Å². The third kappa shape index (κ3) is 2.31. The summed E-state index contributed by atoms with van der Waals surface area (Å²) in [5.74, 6) is 0. The van der Waals surface area contributed by atoms with Gasteiger partial charge in [-0.05, 0) is 49.7 Å². The Morgan fingerprint density at radius 3 is 2.50 bits per heavy atom. The summed E-state index contributed by atoms with van der Waals surface area (Å²) < 4.78 is 1.91. The van der Waals surface area contributed by atoms with Crippen LogP contribution >= 0.6 is 0 Å². The van der Waals surface area contributed by atoms with Gasteiger partial charge in [0.25, 0.3) is 0 Å². The fourth-order valence-corrected chi connectivity index (χ4v) is 1.87. The van der Waals surface area contributed by atoms with E-state index in [1.54, 1.807) is 0 Å². The van der Waals surface area contributed by atoms with E-state index in [2.05, 4.69) is 37.1 Å². The second kappa shape index (κ2) is 4.49. The average molecular weight is 215 g/mol. The minimum absolute atomic E-state index is 0.643. The van der Waals surface area contributed by atoms with Crippen LogP contribution in [-0.4, -0.2) is 16.3 Å². The van der Waals surface area contributed by atoms with Gasteiger partial charge in [0.2, 0.25) is 0 Å². The van der Waals surface area contributed by atoms with E-state index in [1.165, 1.54) is 11.1 Å². The summed E-state index contributed by atoms with van der Waals surface area (Å²) in [6.07, 6.45) is 2.82. The molecule has 0 spiro atoms. The van der Waals surface area contributed by atoms with Crippen molar-refractivity contribution in [3.05, 3.63) is 47.3 Å². The van der Waals surface area contributed by atoms with E-state index in [1.807, 2.05) is 16.9 Å². The summed E-state index contributed by atoms with van der Waals surface area (Å²) >= 11 is 0. The summed E-state index contributed by atoms with van der Waals surface area (Å²) in [5, 5.41) is 4.49. The predicted octanol–water partition coefficient (Wildman–Crippen LogP) is 1.99. The van der Waals surface area contributed by atoms with Crippen molar-refractivity contribution in [1.29, 1.82) is 0 Å². The van der Waals surface area contributed by atoms with E-state index < -0.39 is 0 Å². The van der Waals surface area contributed by atoms with Crippen molar-refractivity contribution in [1.82, 2.24) is 9.78 Å². The number of aromatic nitrogens is 2. The molecule has 2 N–H and O–H groups in total. The van der Waals surface area contributed by atoms with Crippen LogP contribution in [0.25, 0.3) is 5.69 Å². The van der Waals surface area contributed by atoms with E-state index >= 15 is 0 Å². The fourth-order valence-electron chi connectivity index (χ4n) is 1.87. The summed E-state index contributed by atoms with van der Waals surface area (Å²) in [6, 6.07) is 8.44. The molecular weight excluding hydrogens is 198 g/mol. The molecular formula is C13H17N3. The highest BCUT2D eigenvalue weighted by Gasteiger charge is 2.01. The Kier molecular flexibility index (Phi) is 3.06. The molecule has 3 heteroatoms. The van der Waals surface area contributed by atoms with Crippen LogP contribution in [0.15, 0.2) is 30.5 Å². The first-order valence-electron chi connectivity index (χ1n) is 5.52. The molecule has 0 radical (unpaired) electrons. The average Bonchev–Trinajstić information content (AvgIpc) is 2.65.